The highest BCUT2D eigenvalue weighted by Crippen LogP contribution is 2.30. The third-order valence-corrected chi connectivity index (χ3v) is 3.96. The Bertz CT molecular complexity index is 1080. The molecule has 0 aliphatic rings. The van der Waals surface area contributed by atoms with Crippen LogP contribution in [0.2, 0.25) is 5.02 Å². The van der Waals surface area contributed by atoms with Crippen molar-refractivity contribution in [2.75, 3.05) is 0 Å². The van der Waals surface area contributed by atoms with Crippen LogP contribution in [0.3, 0.4) is 0 Å². The van der Waals surface area contributed by atoms with Crippen LogP contribution in [-0.4, -0.2) is 25.0 Å². The fourth-order valence-electron chi connectivity index (χ4n) is 2.84. The maximum Gasteiger partial charge on any atom is 0.492 e. The monoisotopic (exact) mass is 373 g/mol. The standard InChI is InChI=1S/C15H11ClF3N3O3/c1-6(2)11-10(14(24)25)20-12-13(23)22(15(17,18)19)8-4-3-7(16)5-9(8)21(11)12/h3-6H,1-2H3,(H,24,25). The van der Waals surface area contributed by atoms with Gasteiger partial charge in [0.25, 0.3) is 0 Å². The predicted octanol–water partition coefficient (Wildman–Crippen LogP) is 3.60. The number of carboxylic acid groups (broad SMARTS) is 1. The second kappa shape index (κ2) is 5.48. The van der Waals surface area contributed by atoms with E-state index >= 15 is 0 Å². The third kappa shape index (κ3) is 2.55. The molecule has 0 unspecified atom stereocenters. The van der Waals surface area contributed by atoms with Crippen molar-refractivity contribution in [2.24, 2.45) is 0 Å². The van der Waals surface area contributed by atoms with Crippen LogP contribution >= 0.6 is 11.6 Å². The molecule has 3 rings (SSSR count). The van der Waals surface area contributed by atoms with Crippen LogP contribution < -0.4 is 5.56 Å². The van der Waals surface area contributed by atoms with E-state index in [2.05, 4.69) is 4.98 Å². The van der Waals surface area contributed by atoms with Gasteiger partial charge in [-0.3, -0.25) is 9.20 Å². The van der Waals surface area contributed by atoms with Crippen LogP contribution in [0.15, 0.2) is 23.0 Å². The van der Waals surface area contributed by atoms with Gasteiger partial charge in [-0.05, 0) is 24.1 Å². The quantitative estimate of drug-likeness (QED) is 0.744. The molecule has 6 nitrogen and oxygen atoms in total. The number of halogens is 4. The van der Waals surface area contributed by atoms with Crippen LogP contribution in [-0.2, 0) is 6.30 Å². The van der Waals surface area contributed by atoms with Gasteiger partial charge in [-0.2, -0.15) is 0 Å². The summed E-state index contributed by atoms with van der Waals surface area (Å²) in [6.45, 7) is 3.31. The van der Waals surface area contributed by atoms with Crippen molar-refractivity contribution in [3.63, 3.8) is 0 Å². The van der Waals surface area contributed by atoms with Crippen LogP contribution in [0, 0.1) is 0 Å². The molecule has 25 heavy (non-hydrogen) atoms. The number of rotatable bonds is 2. The predicted molar refractivity (Wildman–Crippen MR) is 84.3 cm³/mol. The molecular weight excluding hydrogens is 363 g/mol. The van der Waals surface area contributed by atoms with Crippen molar-refractivity contribution < 1.29 is 23.1 Å². The molecule has 0 aliphatic heterocycles. The average molecular weight is 374 g/mol. The number of benzene rings is 1. The molecular formula is C15H11ClF3N3O3. The van der Waals surface area contributed by atoms with E-state index in [1.807, 2.05) is 0 Å². The van der Waals surface area contributed by atoms with Gasteiger partial charge in [-0.15, -0.1) is 13.2 Å². The molecule has 0 fully saturated rings. The lowest BCUT2D eigenvalue weighted by molar-refractivity contribution is -0.202. The van der Waals surface area contributed by atoms with E-state index < -0.39 is 40.6 Å². The summed E-state index contributed by atoms with van der Waals surface area (Å²) in [6, 6.07) is 3.53. The lowest BCUT2D eigenvalue weighted by Gasteiger charge is -2.16. The maximum atomic E-state index is 13.4. The number of alkyl halides is 3. The van der Waals surface area contributed by atoms with Crippen molar-refractivity contribution >= 4 is 34.3 Å². The average Bonchev–Trinajstić information content (AvgIpc) is 2.88. The second-order valence-electron chi connectivity index (χ2n) is 5.71. The molecule has 1 aromatic carbocycles. The van der Waals surface area contributed by atoms with Gasteiger partial charge in [0.05, 0.1) is 16.7 Å². The van der Waals surface area contributed by atoms with E-state index in [1.165, 1.54) is 12.1 Å². The van der Waals surface area contributed by atoms with Crippen LogP contribution in [0.25, 0.3) is 16.7 Å². The fourth-order valence-corrected chi connectivity index (χ4v) is 3.00. The first-order valence-electron chi connectivity index (χ1n) is 7.11. The Morgan fingerprint density at radius 2 is 1.92 bits per heavy atom. The van der Waals surface area contributed by atoms with E-state index in [4.69, 9.17) is 11.6 Å². The highest BCUT2D eigenvalue weighted by molar-refractivity contribution is 6.31. The Hall–Kier alpha value is -2.55. The van der Waals surface area contributed by atoms with Gasteiger partial charge in [-0.25, -0.2) is 14.3 Å². The number of carboxylic acids is 1. The molecule has 2 heterocycles. The highest BCUT2D eigenvalue weighted by atomic mass is 35.5. The number of aromatic carboxylic acids is 1. The third-order valence-electron chi connectivity index (χ3n) is 3.73. The van der Waals surface area contributed by atoms with E-state index in [-0.39, 0.29) is 20.8 Å². The number of hydrogen-bond acceptors (Lipinski definition) is 3. The molecule has 0 radical (unpaired) electrons. The Kier molecular flexibility index (Phi) is 3.79. The van der Waals surface area contributed by atoms with Crippen molar-refractivity contribution in [1.29, 1.82) is 0 Å². The molecule has 0 atom stereocenters. The van der Waals surface area contributed by atoms with Crippen molar-refractivity contribution in [2.45, 2.75) is 26.1 Å². The van der Waals surface area contributed by atoms with Gasteiger partial charge < -0.3 is 5.11 Å². The number of carbonyl (C=O) groups is 1. The van der Waals surface area contributed by atoms with E-state index in [9.17, 15) is 27.9 Å². The minimum atomic E-state index is -5.00. The zero-order chi connectivity index (χ0) is 18.7. The Labute approximate surface area is 143 Å². The summed E-state index contributed by atoms with van der Waals surface area (Å²) in [5, 5.41) is 9.47. The SMILES string of the molecule is CC(C)c1c(C(=O)O)nc2c(=O)n(C(F)(F)F)c3ccc(Cl)cc3n12. The van der Waals surface area contributed by atoms with Crippen molar-refractivity contribution in [3.8, 4) is 0 Å². The molecule has 10 heteroatoms. The molecule has 2 aromatic heterocycles. The van der Waals surface area contributed by atoms with Crippen molar-refractivity contribution in [1.82, 2.24) is 14.0 Å². The zero-order valence-corrected chi connectivity index (χ0v) is 13.7. The van der Waals surface area contributed by atoms with Crippen LogP contribution in [0.1, 0.15) is 35.9 Å². The first-order valence-corrected chi connectivity index (χ1v) is 7.49. The Morgan fingerprint density at radius 3 is 2.44 bits per heavy atom. The molecule has 3 aromatic rings. The lowest BCUT2D eigenvalue weighted by Crippen LogP contribution is -2.32. The number of hydrogen-bond donors (Lipinski definition) is 1. The van der Waals surface area contributed by atoms with Gasteiger partial charge in [0, 0.05) is 5.02 Å². The highest BCUT2D eigenvalue weighted by Gasteiger charge is 2.36. The van der Waals surface area contributed by atoms with E-state index in [0.717, 1.165) is 10.5 Å². The maximum absolute atomic E-state index is 13.4. The number of fused-ring (bicyclic) bond motifs is 3. The molecule has 0 amide bonds. The largest absolute Gasteiger partial charge is 0.492 e. The second-order valence-corrected chi connectivity index (χ2v) is 6.14. The first kappa shape index (κ1) is 17.3. The summed E-state index contributed by atoms with van der Waals surface area (Å²) < 4.78 is 41.0. The smallest absolute Gasteiger partial charge is 0.476 e. The molecule has 0 bridgehead atoms. The van der Waals surface area contributed by atoms with Crippen molar-refractivity contribution in [3.05, 3.63) is 45.0 Å². The summed E-state index contributed by atoms with van der Waals surface area (Å²) in [7, 11) is 0. The molecule has 0 saturated heterocycles. The van der Waals surface area contributed by atoms with Crippen LogP contribution in [0.5, 0.6) is 0 Å². The molecule has 0 saturated carbocycles. The van der Waals surface area contributed by atoms with Gasteiger partial charge in [0.1, 0.15) is 0 Å². The van der Waals surface area contributed by atoms with Gasteiger partial charge in [0.15, 0.2) is 5.69 Å². The molecule has 0 spiro atoms. The Morgan fingerprint density at radius 1 is 1.28 bits per heavy atom. The summed E-state index contributed by atoms with van der Waals surface area (Å²) in [6.07, 6.45) is -5.00. The summed E-state index contributed by atoms with van der Waals surface area (Å²) in [5.74, 6) is -1.84. The number of aromatic nitrogens is 3. The normalized spacial score (nSPS) is 12.4. The number of imidazole rings is 1. The first-order chi connectivity index (χ1) is 11.5. The van der Waals surface area contributed by atoms with Gasteiger partial charge in [0.2, 0.25) is 5.65 Å². The summed E-state index contributed by atoms with van der Waals surface area (Å²) in [5.41, 5.74) is -2.90. The molecule has 0 aliphatic carbocycles. The molecule has 1 N–H and O–H groups in total. The van der Waals surface area contributed by atoms with Gasteiger partial charge in [-0.1, -0.05) is 25.4 Å². The van der Waals surface area contributed by atoms with E-state index in [0.29, 0.717) is 0 Å². The topological polar surface area (TPSA) is 76.6 Å². The van der Waals surface area contributed by atoms with Crippen LogP contribution in [0.4, 0.5) is 13.2 Å². The Balaban J connectivity index is 2.71. The lowest BCUT2D eigenvalue weighted by atomic mass is 10.1. The summed E-state index contributed by atoms with van der Waals surface area (Å²) >= 11 is 5.91. The minimum absolute atomic E-state index is 0.0527. The minimum Gasteiger partial charge on any atom is -0.476 e. The summed E-state index contributed by atoms with van der Waals surface area (Å²) in [4.78, 5) is 27.6. The van der Waals surface area contributed by atoms with E-state index in [1.54, 1.807) is 13.8 Å². The van der Waals surface area contributed by atoms with Gasteiger partial charge >= 0.3 is 17.8 Å². The zero-order valence-electron chi connectivity index (χ0n) is 12.9. The molecule has 132 valence electrons. The number of nitrogens with zero attached hydrogens (tertiary/aromatic N) is 3. The fraction of sp³-hybridized carbons (Fsp3) is 0.267.